The monoisotopic (exact) mass is 424 g/mol. The van der Waals surface area contributed by atoms with E-state index < -0.39 is 0 Å². The second kappa shape index (κ2) is 8.43. The fraction of sp³-hybridized carbons (Fsp3) is 0.381. The maximum absolute atomic E-state index is 12.3. The van der Waals surface area contributed by atoms with Crippen molar-refractivity contribution in [3.8, 4) is 0 Å². The van der Waals surface area contributed by atoms with Gasteiger partial charge in [0.1, 0.15) is 6.33 Å². The Labute approximate surface area is 178 Å². The lowest BCUT2D eigenvalue weighted by Crippen LogP contribution is -2.24. The van der Waals surface area contributed by atoms with Crippen molar-refractivity contribution in [1.29, 1.82) is 0 Å². The molecule has 4 rings (SSSR count). The van der Waals surface area contributed by atoms with Crippen molar-refractivity contribution in [2.75, 3.05) is 12.3 Å². The Morgan fingerprint density at radius 2 is 2.10 bits per heavy atom. The van der Waals surface area contributed by atoms with Gasteiger partial charge >= 0.3 is 0 Å². The summed E-state index contributed by atoms with van der Waals surface area (Å²) in [6.07, 6.45) is 3.94. The van der Waals surface area contributed by atoms with Gasteiger partial charge in [0.2, 0.25) is 5.91 Å². The van der Waals surface area contributed by atoms with Crippen LogP contribution in [0.2, 0.25) is 0 Å². The minimum Gasteiger partial charge on any atom is -0.382 e. The molecule has 0 spiro atoms. The molecule has 2 aromatic heterocycles. The molecule has 9 heteroatoms. The summed E-state index contributed by atoms with van der Waals surface area (Å²) >= 11 is 1.48. The minimum atomic E-state index is -0.0327. The highest BCUT2D eigenvalue weighted by Crippen LogP contribution is 2.36. The standard InChI is InChI=1S/C21H24N6O2S/c1-3-12-9-13-5-6-15(28)14(13)10-16(12)30-21-26-18-19(22)24-11-25-20(18)27(21)8-7-17(29)23-4-2/h9-11H,3-8H2,1-2H3,(H,23,29)(H2,22,24,25). The van der Waals surface area contributed by atoms with Gasteiger partial charge in [0.15, 0.2) is 27.9 Å². The van der Waals surface area contributed by atoms with E-state index in [-0.39, 0.29) is 11.7 Å². The van der Waals surface area contributed by atoms with Crippen LogP contribution in [0.4, 0.5) is 5.82 Å². The summed E-state index contributed by atoms with van der Waals surface area (Å²) in [5.74, 6) is 0.461. The zero-order valence-electron chi connectivity index (χ0n) is 17.1. The van der Waals surface area contributed by atoms with Crippen LogP contribution in [0.15, 0.2) is 28.5 Å². The summed E-state index contributed by atoms with van der Waals surface area (Å²) < 4.78 is 1.90. The van der Waals surface area contributed by atoms with Crippen molar-refractivity contribution >= 4 is 40.4 Å². The van der Waals surface area contributed by atoms with Gasteiger partial charge < -0.3 is 15.6 Å². The fourth-order valence-corrected chi connectivity index (χ4v) is 4.84. The summed E-state index contributed by atoms with van der Waals surface area (Å²) in [5.41, 5.74) is 10.3. The van der Waals surface area contributed by atoms with E-state index in [0.717, 1.165) is 28.9 Å². The van der Waals surface area contributed by atoms with E-state index in [4.69, 9.17) is 5.73 Å². The Balaban J connectivity index is 1.74. The van der Waals surface area contributed by atoms with Crippen LogP contribution in [0.25, 0.3) is 11.2 Å². The van der Waals surface area contributed by atoms with Gasteiger partial charge in [-0.25, -0.2) is 15.0 Å². The third kappa shape index (κ3) is 3.77. The van der Waals surface area contributed by atoms with E-state index in [9.17, 15) is 9.59 Å². The number of hydrogen-bond donors (Lipinski definition) is 2. The number of aromatic nitrogens is 4. The first-order chi connectivity index (χ1) is 14.5. The van der Waals surface area contributed by atoms with E-state index in [1.54, 1.807) is 0 Å². The molecule has 3 N–H and O–H groups in total. The first-order valence-corrected chi connectivity index (χ1v) is 10.9. The minimum absolute atomic E-state index is 0.0327. The van der Waals surface area contributed by atoms with E-state index in [2.05, 4.69) is 33.3 Å². The number of carbonyl (C=O) groups is 2. The van der Waals surface area contributed by atoms with Gasteiger partial charge in [-0.2, -0.15) is 0 Å². The quantitative estimate of drug-likeness (QED) is 0.599. The number of amides is 1. The van der Waals surface area contributed by atoms with Crippen LogP contribution in [0.3, 0.4) is 0 Å². The molecule has 2 heterocycles. The van der Waals surface area contributed by atoms with Crippen molar-refractivity contribution in [2.45, 2.75) is 56.1 Å². The van der Waals surface area contributed by atoms with Gasteiger partial charge in [-0.05, 0) is 37.0 Å². The van der Waals surface area contributed by atoms with E-state index in [1.165, 1.54) is 23.7 Å². The van der Waals surface area contributed by atoms with Crippen LogP contribution in [-0.4, -0.2) is 37.8 Å². The molecule has 3 aromatic rings. The molecular weight excluding hydrogens is 400 g/mol. The van der Waals surface area contributed by atoms with Crippen molar-refractivity contribution in [3.63, 3.8) is 0 Å². The normalized spacial score (nSPS) is 13.1. The van der Waals surface area contributed by atoms with Crippen molar-refractivity contribution in [2.24, 2.45) is 0 Å². The highest BCUT2D eigenvalue weighted by atomic mass is 32.2. The number of aryl methyl sites for hydroxylation is 3. The van der Waals surface area contributed by atoms with Gasteiger partial charge in [-0.3, -0.25) is 9.59 Å². The first-order valence-electron chi connectivity index (χ1n) is 10.1. The number of Topliss-reactive ketones (excluding diaryl/α,β-unsaturated/α-hetero) is 1. The van der Waals surface area contributed by atoms with Crippen molar-refractivity contribution < 1.29 is 9.59 Å². The van der Waals surface area contributed by atoms with E-state index in [1.807, 2.05) is 17.6 Å². The van der Waals surface area contributed by atoms with Crippen LogP contribution in [0, 0.1) is 0 Å². The molecule has 0 unspecified atom stereocenters. The Morgan fingerprint density at radius 1 is 1.27 bits per heavy atom. The number of nitrogens with zero attached hydrogens (tertiary/aromatic N) is 4. The van der Waals surface area contributed by atoms with Crippen LogP contribution in [0.1, 0.15) is 48.2 Å². The summed E-state index contributed by atoms with van der Waals surface area (Å²) in [4.78, 5) is 38.3. The molecule has 0 bridgehead atoms. The number of carbonyl (C=O) groups excluding carboxylic acids is 2. The largest absolute Gasteiger partial charge is 0.382 e. The molecule has 30 heavy (non-hydrogen) atoms. The number of ketones is 1. The van der Waals surface area contributed by atoms with E-state index in [0.29, 0.717) is 48.1 Å². The van der Waals surface area contributed by atoms with Crippen molar-refractivity contribution in [1.82, 2.24) is 24.8 Å². The number of nitrogen functional groups attached to an aromatic ring is 1. The maximum atomic E-state index is 12.3. The predicted molar refractivity (Wildman–Crippen MR) is 116 cm³/mol. The molecule has 1 aliphatic rings. The lowest BCUT2D eigenvalue weighted by atomic mass is 10.0. The lowest BCUT2D eigenvalue weighted by Gasteiger charge is -2.12. The maximum Gasteiger partial charge on any atom is 0.221 e. The smallest absolute Gasteiger partial charge is 0.221 e. The van der Waals surface area contributed by atoms with Gasteiger partial charge in [0.05, 0.1) is 0 Å². The third-order valence-corrected chi connectivity index (χ3v) is 6.35. The van der Waals surface area contributed by atoms with Crippen LogP contribution < -0.4 is 11.1 Å². The zero-order valence-corrected chi connectivity index (χ0v) is 17.9. The zero-order chi connectivity index (χ0) is 21.3. The Bertz CT molecular complexity index is 1140. The molecular formula is C21H24N6O2S. The van der Waals surface area contributed by atoms with Crippen molar-refractivity contribution in [3.05, 3.63) is 35.2 Å². The summed E-state index contributed by atoms with van der Waals surface area (Å²) in [5, 5.41) is 3.50. The third-order valence-electron chi connectivity index (χ3n) is 5.25. The average Bonchev–Trinajstić information content (AvgIpc) is 3.27. The molecule has 1 aromatic carbocycles. The van der Waals surface area contributed by atoms with Crippen LogP contribution >= 0.6 is 11.8 Å². The summed E-state index contributed by atoms with van der Waals surface area (Å²) in [7, 11) is 0. The topological polar surface area (TPSA) is 116 Å². The van der Waals surface area contributed by atoms with E-state index >= 15 is 0 Å². The van der Waals surface area contributed by atoms with Crippen LogP contribution in [-0.2, 0) is 24.2 Å². The number of anilines is 1. The SMILES string of the molecule is CCNC(=O)CCn1c(Sc2cc3c(cc2CC)CCC3=O)nc2c(N)ncnc21. The molecule has 0 radical (unpaired) electrons. The number of rotatable bonds is 7. The Hall–Kier alpha value is -2.94. The number of fused-ring (bicyclic) bond motifs is 2. The molecule has 0 fully saturated rings. The van der Waals surface area contributed by atoms with Crippen LogP contribution in [0.5, 0.6) is 0 Å². The molecule has 156 valence electrons. The van der Waals surface area contributed by atoms with Gasteiger partial charge in [0, 0.05) is 36.4 Å². The summed E-state index contributed by atoms with van der Waals surface area (Å²) in [6, 6.07) is 4.12. The molecule has 1 amide bonds. The van der Waals surface area contributed by atoms with Gasteiger partial charge in [-0.1, -0.05) is 24.8 Å². The van der Waals surface area contributed by atoms with Gasteiger partial charge in [0.25, 0.3) is 0 Å². The second-order valence-electron chi connectivity index (χ2n) is 7.18. The predicted octanol–water partition coefficient (Wildman–Crippen LogP) is 2.78. The Kier molecular flexibility index (Phi) is 5.72. The first kappa shape index (κ1) is 20.3. The Morgan fingerprint density at radius 3 is 2.87 bits per heavy atom. The lowest BCUT2D eigenvalue weighted by molar-refractivity contribution is -0.121. The highest BCUT2D eigenvalue weighted by Gasteiger charge is 2.23. The second-order valence-corrected chi connectivity index (χ2v) is 8.19. The number of nitrogens with two attached hydrogens (primary N) is 1. The van der Waals surface area contributed by atoms with Gasteiger partial charge in [-0.15, -0.1) is 0 Å². The molecule has 0 saturated carbocycles. The molecule has 0 saturated heterocycles. The molecule has 0 atom stereocenters. The molecule has 1 aliphatic carbocycles. The number of hydrogen-bond acceptors (Lipinski definition) is 7. The number of imidazole rings is 1. The summed E-state index contributed by atoms with van der Waals surface area (Å²) in [6.45, 7) is 5.00. The average molecular weight is 425 g/mol. The number of benzene rings is 1. The molecule has 8 nitrogen and oxygen atoms in total. The number of nitrogens with one attached hydrogen (secondary N) is 1. The highest BCUT2D eigenvalue weighted by molar-refractivity contribution is 7.99. The molecule has 0 aliphatic heterocycles. The fourth-order valence-electron chi connectivity index (χ4n) is 3.71.